The van der Waals surface area contributed by atoms with Gasteiger partial charge in [0.2, 0.25) is 5.91 Å². The Labute approximate surface area is 178 Å². The highest BCUT2D eigenvalue weighted by molar-refractivity contribution is 5.92. The number of hydrogen-bond acceptors (Lipinski definition) is 6. The standard InChI is InChI=1S/C23H21FN2O5/c1-15-19(23(28)29-3)12-18(30-15)14-26(2)22(27)9-7-16-6-8-21(20(24)11-16)31-17-5-4-10-25-13-17/h4-13H,14H2,1-3H3/b9-7+. The number of nitrogens with zero attached hydrogens (tertiary/aromatic N) is 2. The largest absolute Gasteiger partial charge is 0.465 e. The van der Waals surface area contributed by atoms with Crippen LogP contribution in [-0.2, 0) is 16.1 Å². The number of hydrogen-bond donors (Lipinski definition) is 0. The number of carbonyl (C=O) groups is 2. The molecule has 0 N–H and O–H groups in total. The normalized spacial score (nSPS) is 10.8. The van der Waals surface area contributed by atoms with Crippen LogP contribution in [0.1, 0.15) is 27.4 Å². The van der Waals surface area contributed by atoms with Crippen LogP contribution >= 0.6 is 0 Å². The molecule has 0 aliphatic rings. The highest BCUT2D eigenvalue weighted by Gasteiger charge is 2.17. The lowest BCUT2D eigenvalue weighted by atomic mass is 10.2. The van der Waals surface area contributed by atoms with E-state index < -0.39 is 11.8 Å². The van der Waals surface area contributed by atoms with Crippen LogP contribution in [0.2, 0.25) is 0 Å². The second kappa shape index (κ2) is 9.71. The quantitative estimate of drug-likeness (QED) is 0.414. The number of aryl methyl sites for hydroxylation is 1. The summed E-state index contributed by atoms with van der Waals surface area (Å²) in [6, 6.07) is 9.29. The third-order valence-corrected chi connectivity index (χ3v) is 4.38. The van der Waals surface area contributed by atoms with Crippen molar-refractivity contribution in [2.75, 3.05) is 14.2 Å². The Kier molecular flexibility index (Phi) is 6.81. The van der Waals surface area contributed by atoms with Gasteiger partial charge in [-0.05, 0) is 48.9 Å². The molecule has 0 atom stereocenters. The molecule has 0 bridgehead atoms. The lowest BCUT2D eigenvalue weighted by Crippen LogP contribution is -2.23. The molecule has 2 heterocycles. The molecule has 0 aliphatic heterocycles. The van der Waals surface area contributed by atoms with Crippen LogP contribution in [0, 0.1) is 12.7 Å². The fourth-order valence-electron chi connectivity index (χ4n) is 2.78. The number of amides is 1. The molecule has 3 rings (SSSR count). The van der Waals surface area contributed by atoms with Gasteiger partial charge in [0.05, 0.1) is 19.9 Å². The summed E-state index contributed by atoms with van der Waals surface area (Å²) in [5.41, 5.74) is 0.817. The minimum Gasteiger partial charge on any atom is -0.465 e. The molecule has 1 aromatic carbocycles. The second-order valence-corrected chi connectivity index (χ2v) is 6.68. The number of furan rings is 1. The number of methoxy groups -OCH3 is 1. The molecular formula is C23H21FN2O5. The monoisotopic (exact) mass is 424 g/mol. The summed E-state index contributed by atoms with van der Waals surface area (Å²) in [5, 5.41) is 0. The highest BCUT2D eigenvalue weighted by atomic mass is 19.1. The molecule has 0 spiro atoms. The number of carbonyl (C=O) groups excluding carboxylic acids is 2. The van der Waals surface area contributed by atoms with Crippen LogP contribution in [0.25, 0.3) is 6.08 Å². The van der Waals surface area contributed by atoms with Crippen molar-refractivity contribution in [3.05, 3.63) is 83.3 Å². The van der Waals surface area contributed by atoms with Gasteiger partial charge < -0.3 is 18.8 Å². The Morgan fingerprint density at radius 3 is 2.74 bits per heavy atom. The van der Waals surface area contributed by atoms with E-state index in [0.717, 1.165) is 0 Å². The number of aromatic nitrogens is 1. The number of benzene rings is 1. The Morgan fingerprint density at radius 2 is 2.06 bits per heavy atom. The zero-order valence-electron chi connectivity index (χ0n) is 17.3. The van der Waals surface area contributed by atoms with Gasteiger partial charge in [0.25, 0.3) is 0 Å². The van der Waals surface area contributed by atoms with Crippen LogP contribution in [0.3, 0.4) is 0 Å². The van der Waals surface area contributed by atoms with Gasteiger partial charge in [-0.15, -0.1) is 0 Å². The lowest BCUT2D eigenvalue weighted by Gasteiger charge is -2.13. The van der Waals surface area contributed by atoms with Gasteiger partial charge in [0, 0.05) is 19.3 Å². The minimum absolute atomic E-state index is 0.0585. The van der Waals surface area contributed by atoms with E-state index in [-0.39, 0.29) is 18.2 Å². The average molecular weight is 424 g/mol. The van der Waals surface area contributed by atoms with Crippen molar-refractivity contribution >= 4 is 18.0 Å². The third-order valence-electron chi connectivity index (χ3n) is 4.38. The lowest BCUT2D eigenvalue weighted by molar-refractivity contribution is -0.125. The summed E-state index contributed by atoms with van der Waals surface area (Å²) in [4.78, 5) is 29.4. The first kappa shape index (κ1) is 21.8. The van der Waals surface area contributed by atoms with Crippen molar-refractivity contribution in [3.8, 4) is 11.5 Å². The molecule has 31 heavy (non-hydrogen) atoms. The Balaban J connectivity index is 1.62. The third kappa shape index (κ3) is 5.57. The van der Waals surface area contributed by atoms with Crippen molar-refractivity contribution in [2.24, 2.45) is 0 Å². The first-order chi connectivity index (χ1) is 14.9. The van der Waals surface area contributed by atoms with Gasteiger partial charge in [-0.2, -0.15) is 0 Å². The Bertz CT molecular complexity index is 1110. The molecule has 3 aromatic rings. The van der Waals surface area contributed by atoms with Gasteiger partial charge in [0.1, 0.15) is 22.8 Å². The first-order valence-corrected chi connectivity index (χ1v) is 9.35. The molecule has 2 aromatic heterocycles. The zero-order valence-corrected chi connectivity index (χ0v) is 17.3. The topological polar surface area (TPSA) is 81.9 Å². The maximum absolute atomic E-state index is 14.3. The predicted octanol–water partition coefficient (Wildman–Crippen LogP) is 4.37. The van der Waals surface area contributed by atoms with Gasteiger partial charge >= 0.3 is 5.97 Å². The fourth-order valence-corrected chi connectivity index (χ4v) is 2.78. The predicted molar refractivity (Wildman–Crippen MR) is 111 cm³/mol. The number of halogens is 1. The molecule has 0 fully saturated rings. The number of likely N-dealkylation sites (N-methyl/N-ethyl adjacent to an activating group) is 1. The summed E-state index contributed by atoms with van der Waals surface area (Å²) in [5.74, 6) is -0.0297. The van der Waals surface area contributed by atoms with Crippen molar-refractivity contribution < 1.29 is 27.9 Å². The molecule has 0 unspecified atom stereocenters. The minimum atomic E-state index is -0.562. The number of rotatable bonds is 7. The summed E-state index contributed by atoms with van der Waals surface area (Å²) in [6.45, 7) is 1.81. The van der Waals surface area contributed by atoms with Crippen molar-refractivity contribution in [1.29, 1.82) is 0 Å². The molecule has 8 heteroatoms. The summed E-state index contributed by atoms with van der Waals surface area (Å²) >= 11 is 0. The van der Waals surface area contributed by atoms with E-state index in [9.17, 15) is 14.0 Å². The molecule has 0 aliphatic carbocycles. The SMILES string of the molecule is COC(=O)c1cc(CN(C)C(=O)/C=C/c2ccc(Oc3cccnc3)c(F)c2)oc1C. The highest BCUT2D eigenvalue weighted by Crippen LogP contribution is 2.25. The molecule has 0 radical (unpaired) electrons. The average Bonchev–Trinajstić information content (AvgIpc) is 3.13. The van der Waals surface area contributed by atoms with Crippen molar-refractivity contribution in [2.45, 2.75) is 13.5 Å². The van der Waals surface area contributed by atoms with Gasteiger partial charge in [0.15, 0.2) is 11.6 Å². The maximum Gasteiger partial charge on any atom is 0.341 e. The van der Waals surface area contributed by atoms with E-state index in [2.05, 4.69) is 9.72 Å². The summed E-state index contributed by atoms with van der Waals surface area (Å²) in [6.07, 6.45) is 5.91. The van der Waals surface area contributed by atoms with Gasteiger partial charge in [-0.3, -0.25) is 9.78 Å². The van der Waals surface area contributed by atoms with E-state index in [4.69, 9.17) is 9.15 Å². The fraction of sp³-hybridized carbons (Fsp3) is 0.174. The molecular weight excluding hydrogens is 403 g/mol. The first-order valence-electron chi connectivity index (χ1n) is 9.35. The number of esters is 1. The van der Waals surface area contributed by atoms with Gasteiger partial charge in [-0.1, -0.05) is 6.07 Å². The maximum atomic E-state index is 14.3. The van der Waals surface area contributed by atoms with Gasteiger partial charge in [-0.25, -0.2) is 9.18 Å². The Hall–Kier alpha value is -3.94. The molecule has 0 saturated carbocycles. The van der Waals surface area contributed by atoms with E-state index in [1.807, 2.05) is 0 Å². The van der Waals surface area contributed by atoms with Crippen molar-refractivity contribution in [3.63, 3.8) is 0 Å². The van der Waals surface area contributed by atoms with E-state index >= 15 is 0 Å². The van der Waals surface area contributed by atoms with Crippen LogP contribution < -0.4 is 4.74 Å². The zero-order chi connectivity index (χ0) is 22.4. The summed E-state index contributed by atoms with van der Waals surface area (Å²) in [7, 11) is 2.88. The number of pyridine rings is 1. The molecule has 160 valence electrons. The van der Waals surface area contributed by atoms with E-state index in [0.29, 0.717) is 28.4 Å². The molecule has 0 saturated heterocycles. The van der Waals surface area contributed by atoms with Crippen LogP contribution in [0.15, 0.2) is 59.3 Å². The van der Waals surface area contributed by atoms with E-state index in [1.165, 1.54) is 42.5 Å². The molecule has 7 nitrogen and oxygen atoms in total. The van der Waals surface area contributed by atoms with Crippen LogP contribution in [0.5, 0.6) is 11.5 Å². The van der Waals surface area contributed by atoms with Crippen LogP contribution in [0.4, 0.5) is 4.39 Å². The Morgan fingerprint density at radius 1 is 1.26 bits per heavy atom. The summed E-state index contributed by atoms with van der Waals surface area (Å²) < 4.78 is 30.0. The second-order valence-electron chi connectivity index (χ2n) is 6.68. The number of ether oxygens (including phenoxy) is 2. The smallest absolute Gasteiger partial charge is 0.341 e. The van der Waals surface area contributed by atoms with Crippen LogP contribution in [-0.4, -0.2) is 35.9 Å². The van der Waals surface area contributed by atoms with E-state index in [1.54, 1.807) is 44.4 Å². The van der Waals surface area contributed by atoms with Crippen molar-refractivity contribution in [1.82, 2.24) is 9.88 Å². The molecule has 1 amide bonds.